The number of aryl methyl sites for hydroxylation is 2. The molecule has 0 radical (unpaired) electrons. The number of aliphatic carboxylic acids is 1. The van der Waals surface area contributed by atoms with Crippen molar-refractivity contribution in [2.24, 2.45) is 0 Å². The monoisotopic (exact) mass is 550 g/mol. The van der Waals surface area contributed by atoms with Gasteiger partial charge in [0.2, 0.25) is 0 Å². The number of benzene rings is 3. The first kappa shape index (κ1) is 30.4. The lowest BCUT2D eigenvalue weighted by Gasteiger charge is -2.11. The van der Waals surface area contributed by atoms with Gasteiger partial charge in [-0.1, -0.05) is 48.6 Å². The lowest BCUT2D eigenvalue weighted by molar-refractivity contribution is -0.136. The molecule has 0 saturated heterocycles. The fraction of sp³-hybridized carbons (Fsp3) is 0.182. The molecule has 0 aliphatic carbocycles. The summed E-state index contributed by atoms with van der Waals surface area (Å²) in [5.74, 6) is -1.08. The Hall–Kier alpha value is -5.16. The molecule has 0 saturated carbocycles. The SMILES string of the molecule is C/C=C/F.C=CCc1nc2ccc(C(=O)NCc3ccc(C#N)cc3)cc2nc1CCc1cccc(CC(=O)O)c1. The number of hydrogen-bond acceptors (Lipinski definition) is 5. The molecular formula is C33H31FN4O3. The van der Waals surface area contributed by atoms with Crippen LogP contribution in [-0.4, -0.2) is 27.0 Å². The van der Waals surface area contributed by atoms with Crippen LogP contribution < -0.4 is 5.32 Å². The predicted molar refractivity (Wildman–Crippen MR) is 157 cm³/mol. The number of carboxylic acid groups (broad SMARTS) is 1. The molecule has 41 heavy (non-hydrogen) atoms. The minimum absolute atomic E-state index is 0.0125. The van der Waals surface area contributed by atoms with E-state index in [-0.39, 0.29) is 12.3 Å². The summed E-state index contributed by atoms with van der Waals surface area (Å²) < 4.78 is 10.5. The fourth-order valence-corrected chi connectivity index (χ4v) is 4.08. The molecule has 2 N–H and O–H groups in total. The third-order valence-electron chi connectivity index (χ3n) is 6.08. The number of rotatable bonds is 10. The molecule has 1 heterocycles. The van der Waals surface area contributed by atoms with Gasteiger partial charge in [-0.2, -0.15) is 5.26 Å². The van der Waals surface area contributed by atoms with Crippen LogP contribution in [0.1, 0.15) is 50.9 Å². The van der Waals surface area contributed by atoms with Crippen LogP contribution in [0.4, 0.5) is 4.39 Å². The van der Waals surface area contributed by atoms with Crippen LogP contribution >= 0.6 is 0 Å². The van der Waals surface area contributed by atoms with Crippen molar-refractivity contribution in [3.63, 3.8) is 0 Å². The number of hydrogen-bond donors (Lipinski definition) is 2. The molecule has 7 nitrogen and oxygen atoms in total. The van der Waals surface area contributed by atoms with Gasteiger partial charge in [-0.3, -0.25) is 9.59 Å². The van der Waals surface area contributed by atoms with E-state index < -0.39 is 5.97 Å². The first-order chi connectivity index (χ1) is 19.9. The van der Waals surface area contributed by atoms with Gasteiger partial charge in [-0.05, 0) is 66.8 Å². The zero-order valence-electron chi connectivity index (χ0n) is 22.8. The fourth-order valence-electron chi connectivity index (χ4n) is 4.08. The number of nitrogens with zero attached hydrogens (tertiary/aromatic N) is 3. The van der Waals surface area contributed by atoms with E-state index in [1.807, 2.05) is 36.4 Å². The summed E-state index contributed by atoms with van der Waals surface area (Å²) in [5, 5.41) is 20.9. The van der Waals surface area contributed by atoms with Gasteiger partial charge in [0.1, 0.15) is 0 Å². The van der Waals surface area contributed by atoms with Crippen LogP contribution in [0, 0.1) is 11.3 Å². The van der Waals surface area contributed by atoms with E-state index >= 15 is 0 Å². The first-order valence-electron chi connectivity index (χ1n) is 13.1. The van der Waals surface area contributed by atoms with Crippen molar-refractivity contribution in [2.75, 3.05) is 0 Å². The number of carboxylic acids is 1. The average molecular weight is 551 g/mol. The normalized spacial score (nSPS) is 10.5. The van der Waals surface area contributed by atoms with E-state index in [4.69, 9.17) is 20.3 Å². The summed E-state index contributed by atoms with van der Waals surface area (Å²) in [6, 6.07) is 22.0. The smallest absolute Gasteiger partial charge is 0.307 e. The number of carbonyl (C=O) groups excluding carboxylic acids is 1. The summed E-state index contributed by atoms with van der Waals surface area (Å²) in [6.45, 7) is 5.81. The van der Waals surface area contributed by atoms with Gasteiger partial charge in [0.15, 0.2) is 0 Å². The third kappa shape index (κ3) is 9.22. The molecule has 4 aromatic rings. The molecule has 8 heteroatoms. The molecule has 0 atom stereocenters. The van der Waals surface area contributed by atoms with Crippen molar-refractivity contribution in [1.29, 1.82) is 5.26 Å². The average Bonchev–Trinajstić information content (AvgIpc) is 2.99. The molecule has 0 aliphatic heterocycles. The number of nitriles is 1. The van der Waals surface area contributed by atoms with Crippen molar-refractivity contribution in [3.05, 3.63) is 131 Å². The van der Waals surface area contributed by atoms with Crippen molar-refractivity contribution in [3.8, 4) is 6.07 Å². The topological polar surface area (TPSA) is 116 Å². The van der Waals surface area contributed by atoms with Gasteiger partial charge in [0.05, 0.1) is 46.8 Å². The van der Waals surface area contributed by atoms with Gasteiger partial charge < -0.3 is 10.4 Å². The van der Waals surface area contributed by atoms with Crippen molar-refractivity contribution >= 4 is 22.9 Å². The van der Waals surface area contributed by atoms with Crippen LogP contribution in [-0.2, 0) is 37.0 Å². The summed E-state index contributed by atoms with van der Waals surface area (Å²) >= 11 is 0. The second kappa shape index (κ2) is 15.4. The Morgan fingerprint density at radius 2 is 1.68 bits per heavy atom. The predicted octanol–water partition coefficient (Wildman–Crippen LogP) is 6.06. The zero-order chi connectivity index (χ0) is 29.6. The van der Waals surface area contributed by atoms with E-state index in [0.29, 0.717) is 54.3 Å². The molecule has 1 amide bonds. The number of nitrogens with one attached hydrogen (secondary N) is 1. The molecule has 0 bridgehead atoms. The molecule has 1 aromatic heterocycles. The Kier molecular flexibility index (Phi) is 11.4. The summed E-state index contributed by atoms with van der Waals surface area (Å²) in [6.07, 6.45) is 5.49. The highest BCUT2D eigenvalue weighted by atomic mass is 19.1. The Balaban J connectivity index is 0.00000108. The lowest BCUT2D eigenvalue weighted by Crippen LogP contribution is -2.22. The van der Waals surface area contributed by atoms with Crippen molar-refractivity contribution < 1.29 is 19.1 Å². The molecule has 3 aromatic carbocycles. The largest absolute Gasteiger partial charge is 0.481 e. The Labute approximate surface area is 238 Å². The maximum atomic E-state index is 12.8. The summed E-state index contributed by atoms with van der Waals surface area (Å²) in [5.41, 5.74) is 6.74. The lowest BCUT2D eigenvalue weighted by atomic mass is 10.0. The quantitative estimate of drug-likeness (QED) is 0.232. The molecule has 0 spiro atoms. The second-order valence-corrected chi connectivity index (χ2v) is 9.15. The number of aromatic nitrogens is 2. The maximum absolute atomic E-state index is 12.8. The number of fused-ring (bicyclic) bond motifs is 1. The van der Waals surface area contributed by atoms with Crippen LogP contribution in [0.25, 0.3) is 11.0 Å². The highest BCUT2D eigenvalue weighted by Crippen LogP contribution is 2.19. The molecule has 4 rings (SSSR count). The number of allylic oxidation sites excluding steroid dienone is 2. The highest BCUT2D eigenvalue weighted by Gasteiger charge is 2.12. The summed E-state index contributed by atoms with van der Waals surface area (Å²) in [4.78, 5) is 33.5. The molecule has 0 unspecified atom stereocenters. The second-order valence-electron chi connectivity index (χ2n) is 9.15. The van der Waals surface area contributed by atoms with E-state index in [1.54, 1.807) is 43.3 Å². The number of amides is 1. The van der Waals surface area contributed by atoms with Gasteiger partial charge in [-0.15, -0.1) is 6.58 Å². The molecular weight excluding hydrogens is 519 g/mol. The minimum atomic E-state index is -0.859. The first-order valence-corrected chi connectivity index (χ1v) is 13.1. The highest BCUT2D eigenvalue weighted by molar-refractivity contribution is 5.97. The summed E-state index contributed by atoms with van der Waals surface area (Å²) in [7, 11) is 0. The number of carbonyl (C=O) groups is 2. The van der Waals surface area contributed by atoms with Gasteiger partial charge in [0.25, 0.3) is 5.91 Å². The number of halogens is 1. The van der Waals surface area contributed by atoms with Gasteiger partial charge in [-0.25, -0.2) is 14.4 Å². The van der Waals surface area contributed by atoms with Gasteiger partial charge >= 0.3 is 5.97 Å². The van der Waals surface area contributed by atoms with Crippen molar-refractivity contribution in [2.45, 2.75) is 39.2 Å². The van der Waals surface area contributed by atoms with Crippen molar-refractivity contribution in [1.82, 2.24) is 15.3 Å². The van der Waals surface area contributed by atoms with Gasteiger partial charge in [0, 0.05) is 18.5 Å². The van der Waals surface area contributed by atoms with Crippen LogP contribution in [0.15, 0.2) is 91.8 Å². The third-order valence-corrected chi connectivity index (χ3v) is 6.08. The van der Waals surface area contributed by atoms with E-state index in [1.165, 1.54) is 6.08 Å². The van der Waals surface area contributed by atoms with E-state index in [2.05, 4.69) is 18.0 Å². The minimum Gasteiger partial charge on any atom is -0.481 e. The molecule has 208 valence electrons. The van der Waals surface area contributed by atoms with Crippen LogP contribution in [0.2, 0.25) is 0 Å². The van der Waals surface area contributed by atoms with Crippen LogP contribution in [0.3, 0.4) is 0 Å². The molecule has 0 aliphatic rings. The Bertz CT molecular complexity index is 1590. The maximum Gasteiger partial charge on any atom is 0.307 e. The zero-order valence-corrected chi connectivity index (χ0v) is 22.8. The standard InChI is InChI=1S/C30H26N4O3.C3H5F/c1-2-4-25-26(13-11-20-5-3-6-23(15-20)16-29(35)36)34-28-17-24(12-14-27(28)33-25)30(37)32-19-22-9-7-21(18-31)8-10-22;1-2-3-4/h2-3,5-10,12,14-15,17H,1,4,11,13,16,19H2,(H,32,37)(H,35,36);2-3H,1H3/b;3-2+. The van der Waals surface area contributed by atoms with E-state index in [9.17, 15) is 14.0 Å². The molecule has 0 fully saturated rings. The van der Waals surface area contributed by atoms with Crippen LogP contribution in [0.5, 0.6) is 0 Å². The Morgan fingerprint density at radius 1 is 0.976 bits per heavy atom. The Morgan fingerprint density at radius 3 is 2.34 bits per heavy atom. The van der Waals surface area contributed by atoms with E-state index in [0.717, 1.165) is 28.1 Å².